The zero-order valence-electron chi connectivity index (χ0n) is 12.3. The summed E-state index contributed by atoms with van der Waals surface area (Å²) >= 11 is 0. The summed E-state index contributed by atoms with van der Waals surface area (Å²) in [4.78, 5) is 0. The summed E-state index contributed by atoms with van der Waals surface area (Å²) in [5, 5.41) is 33.3. The van der Waals surface area contributed by atoms with Gasteiger partial charge in [-0.25, -0.2) is 0 Å². The van der Waals surface area contributed by atoms with Crippen LogP contribution >= 0.6 is 0 Å². The Hall–Kier alpha value is -3.54. The lowest BCUT2D eigenvalue weighted by molar-refractivity contribution is 0.881. The van der Waals surface area contributed by atoms with Crippen LogP contribution in [0.4, 0.5) is 5.69 Å². The average Bonchev–Trinajstić information content (AvgIpc) is 3.29. The molecule has 1 aromatic carbocycles. The van der Waals surface area contributed by atoms with E-state index in [0.29, 0.717) is 0 Å². The van der Waals surface area contributed by atoms with E-state index in [4.69, 9.17) is 0 Å². The van der Waals surface area contributed by atoms with Gasteiger partial charge in [-0.15, -0.1) is 20.4 Å². The molecule has 9 nitrogen and oxygen atoms in total. The molecule has 2 aromatic heterocycles. The molecule has 0 spiro atoms. The predicted octanol–water partition coefficient (Wildman–Crippen LogP) is 1.32. The first-order valence-corrected chi connectivity index (χ1v) is 6.90. The number of benzene rings is 1. The van der Waals surface area contributed by atoms with Crippen LogP contribution in [0.3, 0.4) is 0 Å². The molecule has 0 aliphatic heterocycles. The first-order chi connectivity index (χ1) is 11.3. The lowest BCUT2D eigenvalue weighted by atomic mass is 10.1. The Kier molecular flexibility index (Phi) is 4.06. The summed E-state index contributed by atoms with van der Waals surface area (Å²) in [7, 11) is 0. The molecule has 2 heterocycles. The van der Waals surface area contributed by atoms with E-state index in [9.17, 15) is 5.26 Å². The maximum absolute atomic E-state index is 9.21. The van der Waals surface area contributed by atoms with Gasteiger partial charge in [0, 0.05) is 11.9 Å². The summed E-state index contributed by atoms with van der Waals surface area (Å²) in [5.74, 6) is 0.244. The summed E-state index contributed by atoms with van der Waals surface area (Å²) in [6, 6.07) is 8.01. The molecule has 9 heteroatoms. The van der Waals surface area contributed by atoms with Crippen LogP contribution in [0.25, 0.3) is 11.3 Å². The van der Waals surface area contributed by atoms with Crippen LogP contribution in [0.5, 0.6) is 0 Å². The Morgan fingerprint density at radius 1 is 1.39 bits per heavy atom. The van der Waals surface area contributed by atoms with Crippen molar-refractivity contribution in [1.29, 1.82) is 5.26 Å². The second kappa shape index (κ2) is 6.48. The zero-order chi connectivity index (χ0) is 16.1. The van der Waals surface area contributed by atoms with Crippen LogP contribution in [0.15, 0.2) is 37.1 Å². The minimum Gasteiger partial charge on any atom is -0.360 e. The minimum atomic E-state index is 0.244. The normalized spacial score (nSPS) is 11.2. The number of allylic oxidation sites excluding steroid dienone is 1. The lowest BCUT2D eigenvalue weighted by Crippen LogP contribution is -1.99. The van der Waals surface area contributed by atoms with E-state index in [0.717, 1.165) is 23.4 Å². The van der Waals surface area contributed by atoms with Gasteiger partial charge in [0.2, 0.25) is 5.82 Å². The molecule has 0 radical (unpaired) electrons. The highest BCUT2D eigenvalue weighted by Gasteiger charge is 2.07. The zero-order valence-corrected chi connectivity index (χ0v) is 12.3. The van der Waals surface area contributed by atoms with Crippen LogP contribution in [0.1, 0.15) is 18.3 Å². The van der Waals surface area contributed by atoms with E-state index >= 15 is 0 Å². The molecule has 2 N–H and O–H groups in total. The van der Waals surface area contributed by atoms with Crippen molar-refractivity contribution in [3.8, 4) is 11.8 Å². The number of aryl methyl sites for hydroxylation is 1. The van der Waals surface area contributed by atoms with Crippen molar-refractivity contribution in [3.63, 3.8) is 0 Å². The fourth-order valence-corrected chi connectivity index (χ4v) is 2.07. The topological polar surface area (TPSA) is 121 Å². The fourth-order valence-electron chi connectivity index (χ4n) is 2.07. The van der Waals surface area contributed by atoms with Gasteiger partial charge in [0.05, 0.1) is 5.69 Å². The van der Waals surface area contributed by atoms with Crippen molar-refractivity contribution < 1.29 is 0 Å². The van der Waals surface area contributed by atoms with Crippen molar-refractivity contribution in [3.05, 3.63) is 48.4 Å². The third kappa shape index (κ3) is 3.06. The van der Waals surface area contributed by atoms with Gasteiger partial charge in [-0.05, 0) is 29.3 Å². The number of rotatable bonds is 5. The van der Waals surface area contributed by atoms with Crippen LogP contribution in [-0.2, 0) is 6.42 Å². The lowest BCUT2D eigenvalue weighted by Gasteiger charge is -2.11. The Morgan fingerprint density at radius 3 is 2.87 bits per heavy atom. The maximum atomic E-state index is 9.21. The largest absolute Gasteiger partial charge is 0.360 e. The molecule has 0 saturated carbocycles. The molecule has 3 rings (SSSR count). The van der Waals surface area contributed by atoms with Crippen molar-refractivity contribution >= 4 is 11.3 Å². The number of aromatic nitrogens is 7. The van der Waals surface area contributed by atoms with Gasteiger partial charge in [0.15, 0.2) is 0 Å². The SMILES string of the molecule is CCc1ccc(-n2cnnc2)cc1NC=C(C#N)c1nn[nH]n1. The van der Waals surface area contributed by atoms with Gasteiger partial charge < -0.3 is 5.32 Å². The second-order valence-corrected chi connectivity index (χ2v) is 4.61. The highest BCUT2D eigenvalue weighted by Crippen LogP contribution is 2.21. The molecule has 23 heavy (non-hydrogen) atoms. The molecule has 0 bridgehead atoms. The number of anilines is 1. The number of hydrogen-bond acceptors (Lipinski definition) is 7. The number of H-pyrrole nitrogens is 1. The highest BCUT2D eigenvalue weighted by molar-refractivity contribution is 5.74. The Balaban J connectivity index is 1.92. The predicted molar refractivity (Wildman–Crippen MR) is 82.1 cm³/mol. The van der Waals surface area contributed by atoms with Crippen LogP contribution in [-0.4, -0.2) is 35.4 Å². The van der Waals surface area contributed by atoms with Crippen molar-refractivity contribution in [2.24, 2.45) is 0 Å². The quantitative estimate of drug-likeness (QED) is 0.682. The van der Waals surface area contributed by atoms with E-state index in [1.807, 2.05) is 24.3 Å². The van der Waals surface area contributed by atoms with E-state index in [1.54, 1.807) is 23.4 Å². The van der Waals surface area contributed by atoms with Gasteiger partial charge in [0.1, 0.15) is 24.3 Å². The highest BCUT2D eigenvalue weighted by atomic mass is 15.5. The summed E-state index contributed by atoms with van der Waals surface area (Å²) < 4.78 is 1.80. The smallest absolute Gasteiger partial charge is 0.216 e. The van der Waals surface area contributed by atoms with Crippen LogP contribution < -0.4 is 5.32 Å². The maximum Gasteiger partial charge on any atom is 0.216 e. The van der Waals surface area contributed by atoms with E-state index in [2.05, 4.69) is 43.1 Å². The average molecular weight is 307 g/mol. The van der Waals surface area contributed by atoms with Gasteiger partial charge in [-0.1, -0.05) is 13.0 Å². The standard InChI is InChI=1S/C14H13N9/c1-2-10-3-4-12(23-8-17-18-9-23)5-13(10)16-7-11(6-15)14-19-21-22-20-14/h3-5,7-9,16H,2H2,1H3,(H,19,20,21,22). The molecule has 0 amide bonds. The monoisotopic (exact) mass is 307 g/mol. The molecule has 114 valence electrons. The molecule has 0 unspecified atom stereocenters. The van der Waals surface area contributed by atoms with Crippen LogP contribution in [0.2, 0.25) is 0 Å². The minimum absolute atomic E-state index is 0.244. The van der Waals surface area contributed by atoms with Gasteiger partial charge in [-0.2, -0.15) is 10.5 Å². The number of nitrogens with one attached hydrogen (secondary N) is 2. The second-order valence-electron chi connectivity index (χ2n) is 4.61. The van der Waals surface area contributed by atoms with Gasteiger partial charge in [-0.3, -0.25) is 4.57 Å². The first-order valence-electron chi connectivity index (χ1n) is 6.90. The Labute approximate surface area is 131 Å². The summed E-state index contributed by atoms with van der Waals surface area (Å²) in [6.07, 6.45) is 5.67. The van der Waals surface area contributed by atoms with Gasteiger partial charge in [0.25, 0.3) is 0 Å². The van der Waals surface area contributed by atoms with E-state index in [-0.39, 0.29) is 11.4 Å². The third-order valence-corrected chi connectivity index (χ3v) is 3.27. The number of nitrogens with zero attached hydrogens (tertiary/aromatic N) is 7. The molecular formula is C14H13N9. The number of nitriles is 1. The Morgan fingerprint density at radius 2 is 2.22 bits per heavy atom. The first kappa shape index (κ1) is 14.4. The van der Waals surface area contributed by atoms with Crippen molar-refractivity contribution in [1.82, 2.24) is 35.4 Å². The molecule has 0 aliphatic carbocycles. The summed E-state index contributed by atoms with van der Waals surface area (Å²) in [6.45, 7) is 2.06. The number of hydrogen-bond donors (Lipinski definition) is 2. The molecular weight excluding hydrogens is 294 g/mol. The van der Waals surface area contributed by atoms with E-state index in [1.165, 1.54) is 0 Å². The molecule has 0 saturated heterocycles. The summed E-state index contributed by atoms with van der Waals surface area (Å²) in [5.41, 5.74) is 3.20. The molecule has 0 aliphatic rings. The van der Waals surface area contributed by atoms with Gasteiger partial charge >= 0.3 is 0 Å². The van der Waals surface area contributed by atoms with E-state index < -0.39 is 0 Å². The third-order valence-electron chi connectivity index (χ3n) is 3.27. The van der Waals surface area contributed by atoms with Crippen molar-refractivity contribution in [2.45, 2.75) is 13.3 Å². The number of tetrazole rings is 1. The van der Waals surface area contributed by atoms with Crippen molar-refractivity contribution in [2.75, 3.05) is 5.32 Å². The Bertz CT molecular complexity index is 841. The molecule has 3 aromatic rings. The molecule has 0 fully saturated rings. The number of aromatic amines is 1. The molecule has 0 atom stereocenters. The fraction of sp³-hybridized carbons (Fsp3) is 0.143. The van der Waals surface area contributed by atoms with Crippen LogP contribution in [0, 0.1) is 11.3 Å².